The molecule has 1 fully saturated rings. The van der Waals surface area contributed by atoms with Gasteiger partial charge < -0.3 is 9.47 Å². The van der Waals surface area contributed by atoms with E-state index in [2.05, 4.69) is 28.1 Å². The molecule has 0 unspecified atom stereocenters. The van der Waals surface area contributed by atoms with E-state index in [-0.39, 0.29) is 17.7 Å². The van der Waals surface area contributed by atoms with Gasteiger partial charge in [0.05, 0.1) is 18.1 Å². The maximum Gasteiger partial charge on any atom is 0.293 e. The van der Waals surface area contributed by atoms with E-state index in [4.69, 9.17) is 9.47 Å². The van der Waals surface area contributed by atoms with Gasteiger partial charge in [0.25, 0.3) is 11.1 Å². The Hall–Kier alpha value is -3.03. The Labute approximate surface area is 211 Å². The summed E-state index contributed by atoms with van der Waals surface area (Å²) in [6.45, 7) is 5.10. The van der Waals surface area contributed by atoms with Gasteiger partial charge >= 0.3 is 0 Å². The molecule has 1 heterocycles. The summed E-state index contributed by atoms with van der Waals surface area (Å²) in [7, 11) is 0. The molecule has 0 bridgehead atoms. The summed E-state index contributed by atoms with van der Waals surface area (Å²) in [5.74, 6) is 0.927. The predicted molar refractivity (Wildman–Crippen MR) is 139 cm³/mol. The van der Waals surface area contributed by atoms with E-state index in [1.54, 1.807) is 6.08 Å². The van der Waals surface area contributed by atoms with Gasteiger partial charge in [-0.25, -0.2) is 0 Å². The number of hydrogen-bond acceptors (Lipinski definition) is 5. The Morgan fingerprint density at radius 1 is 0.912 bits per heavy atom. The van der Waals surface area contributed by atoms with Crippen molar-refractivity contribution in [3.63, 3.8) is 0 Å². The topological polar surface area (TPSA) is 55.8 Å². The number of amides is 2. The van der Waals surface area contributed by atoms with Gasteiger partial charge in [-0.3, -0.25) is 14.5 Å². The lowest BCUT2D eigenvalue weighted by molar-refractivity contribution is -0.123. The van der Waals surface area contributed by atoms with E-state index < -0.39 is 0 Å². The minimum Gasteiger partial charge on any atom is -0.490 e. The molecule has 5 nitrogen and oxygen atoms in total. The molecule has 34 heavy (non-hydrogen) atoms. The molecule has 174 valence electrons. The predicted octanol–water partition coefficient (Wildman–Crippen LogP) is 6.97. The molecule has 0 N–H and O–H groups in total. The molecule has 3 aromatic rings. The fraction of sp³-hybridized carbons (Fsp3) is 0.185. The second-order valence-corrected chi connectivity index (χ2v) is 9.72. The van der Waals surface area contributed by atoms with E-state index in [9.17, 15) is 9.59 Å². The molecule has 0 saturated carbocycles. The zero-order valence-corrected chi connectivity index (χ0v) is 21.3. The molecule has 0 atom stereocenters. The Morgan fingerprint density at radius 2 is 1.62 bits per heavy atom. The van der Waals surface area contributed by atoms with E-state index in [1.165, 1.54) is 10.5 Å². The van der Waals surface area contributed by atoms with Crippen molar-refractivity contribution in [2.24, 2.45) is 0 Å². The number of thioether (sulfide) groups is 1. The summed E-state index contributed by atoms with van der Waals surface area (Å²) in [5, 5.41) is -0.276. The first-order chi connectivity index (χ1) is 16.4. The summed E-state index contributed by atoms with van der Waals surface area (Å²) in [6, 6.07) is 21.3. The quantitative estimate of drug-likeness (QED) is 0.290. The molecule has 1 saturated heterocycles. The Balaban J connectivity index is 1.49. The van der Waals surface area contributed by atoms with Crippen molar-refractivity contribution in [3.05, 3.63) is 98.4 Å². The molecule has 1 aliphatic rings. The lowest BCUT2D eigenvalue weighted by Crippen LogP contribution is -2.27. The second-order valence-electron chi connectivity index (χ2n) is 7.81. The van der Waals surface area contributed by atoms with Crippen molar-refractivity contribution in [1.82, 2.24) is 4.90 Å². The van der Waals surface area contributed by atoms with E-state index in [0.717, 1.165) is 32.9 Å². The Kier molecular flexibility index (Phi) is 7.75. The van der Waals surface area contributed by atoms with Crippen LogP contribution in [0, 0.1) is 6.92 Å². The standard InChI is InChI=1S/C27H24BrNO4S/c1-3-32-24-14-21(10-13-23(24)33-17-20-6-4-18(2)5-7-20)15-25-26(30)29(27(31)34-25)16-19-8-11-22(28)12-9-19/h4-15H,3,16-17H2,1-2H3/b25-15-. The minimum absolute atomic E-state index is 0.241. The molecule has 0 aromatic heterocycles. The third-order valence-electron chi connectivity index (χ3n) is 5.21. The number of rotatable bonds is 8. The molecule has 2 amide bonds. The third kappa shape index (κ3) is 5.90. The van der Waals surface area contributed by atoms with Crippen molar-refractivity contribution in [2.75, 3.05) is 6.61 Å². The van der Waals surface area contributed by atoms with Gasteiger partial charge in [-0.15, -0.1) is 0 Å². The van der Waals surface area contributed by atoms with Crippen molar-refractivity contribution in [3.8, 4) is 11.5 Å². The molecular weight excluding hydrogens is 514 g/mol. The molecule has 1 aliphatic heterocycles. The number of aryl methyl sites for hydroxylation is 1. The fourth-order valence-corrected chi connectivity index (χ4v) is 4.51. The fourth-order valence-electron chi connectivity index (χ4n) is 3.41. The highest BCUT2D eigenvalue weighted by atomic mass is 79.9. The van der Waals surface area contributed by atoms with E-state index in [0.29, 0.717) is 29.6 Å². The van der Waals surface area contributed by atoms with Gasteiger partial charge in [-0.2, -0.15) is 0 Å². The maximum absolute atomic E-state index is 12.9. The van der Waals surface area contributed by atoms with Crippen LogP contribution in [0.5, 0.6) is 11.5 Å². The maximum atomic E-state index is 12.9. The lowest BCUT2D eigenvalue weighted by atomic mass is 10.1. The van der Waals surface area contributed by atoms with E-state index in [1.807, 2.05) is 68.4 Å². The van der Waals surface area contributed by atoms with Crippen molar-refractivity contribution >= 4 is 44.9 Å². The van der Waals surface area contributed by atoms with Crippen LogP contribution in [-0.4, -0.2) is 22.7 Å². The van der Waals surface area contributed by atoms with Crippen LogP contribution in [0.2, 0.25) is 0 Å². The molecular formula is C27H24BrNO4S. The monoisotopic (exact) mass is 537 g/mol. The smallest absolute Gasteiger partial charge is 0.293 e. The summed E-state index contributed by atoms with van der Waals surface area (Å²) in [5.41, 5.74) is 3.92. The number of nitrogens with zero attached hydrogens (tertiary/aromatic N) is 1. The third-order valence-corrected chi connectivity index (χ3v) is 6.64. The van der Waals surface area contributed by atoms with Crippen LogP contribution in [0.4, 0.5) is 4.79 Å². The highest BCUT2D eigenvalue weighted by Gasteiger charge is 2.35. The van der Waals surface area contributed by atoms with Crippen LogP contribution in [0.3, 0.4) is 0 Å². The van der Waals surface area contributed by atoms with Crippen molar-refractivity contribution < 1.29 is 19.1 Å². The van der Waals surface area contributed by atoms with Gasteiger partial charge in [0, 0.05) is 4.47 Å². The zero-order valence-electron chi connectivity index (χ0n) is 18.9. The SMILES string of the molecule is CCOc1cc(/C=C2\SC(=O)N(Cc3ccc(Br)cc3)C2=O)ccc1OCc1ccc(C)cc1. The molecule has 3 aromatic carbocycles. The van der Waals surface area contributed by atoms with Crippen LogP contribution >= 0.6 is 27.7 Å². The number of imide groups is 1. The van der Waals surface area contributed by atoms with Crippen LogP contribution in [0.15, 0.2) is 76.1 Å². The minimum atomic E-state index is -0.296. The molecule has 0 spiro atoms. The van der Waals surface area contributed by atoms with Crippen LogP contribution in [0.25, 0.3) is 6.08 Å². The first-order valence-electron chi connectivity index (χ1n) is 10.9. The number of ether oxygens (including phenoxy) is 2. The van der Waals surface area contributed by atoms with Gasteiger partial charge in [0.15, 0.2) is 11.5 Å². The van der Waals surface area contributed by atoms with Gasteiger partial charge in [-0.1, -0.05) is 64.0 Å². The average Bonchev–Trinajstić information content (AvgIpc) is 3.08. The van der Waals surface area contributed by atoms with Crippen LogP contribution < -0.4 is 9.47 Å². The number of benzene rings is 3. The normalized spacial score (nSPS) is 14.7. The molecule has 4 rings (SSSR count). The van der Waals surface area contributed by atoms with Crippen molar-refractivity contribution in [2.45, 2.75) is 27.0 Å². The van der Waals surface area contributed by atoms with Gasteiger partial charge in [0.2, 0.25) is 0 Å². The van der Waals surface area contributed by atoms with Gasteiger partial charge in [-0.05, 0) is 72.6 Å². The number of carbonyl (C=O) groups excluding carboxylic acids is 2. The first-order valence-corrected chi connectivity index (χ1v) is 12.5. The summed E-state index contributed by atoms with van der Waals surface area (Å²) in [6.07, 6.45) is 1.72. The van der Waals surface area contributed by atoms with Crippen LogP contribution in [-0.2, 0) is 17.9 Å². The molecule has 7 heteroatoms. The lowest BCUT2D eigenvalue weighted by Gasteiger charge is -2.13. The zero-order chi connectivity index (χ0) is 24.1. The number of carbonyl (C=O) groups is 2. The highest BCUT2D eigenvalue weighted by Crippen LogP contribution is 2.35. The Bertz CT molecular complexity index is 1220. The van der Waals surface area contributed by atoms with Crippen molar-refractivity contribution in [1.29, 1.82) is 0 Å². The summed E-state index contributed by atoms with van der Waals surface area (Å²) < 4.78 is 12.7. The second kappa shape index (κ2) is 10.9. The number of hydrogen-bond donors (Lipinski definition) is 0. The highest BCUT2D eigenvalue weighted by molar-refractivity contribution is 9.10. The molecule has 0 aliphatic carbocycles. The Morgan fingerprint density at radius 3 is 2.32 bits per heavy atom. The first kappa shape index (κ1) is 24.1. The largest absolute Gasteiger partial charge is 0.490 e. The molecule has 0 radical (unpaired) electrons. The average molecular weight is 538 g/mol. The summed E-state index contributed by atoms with van der Waals surface area (Å²) >= 11 is 4.34. The van der Waals surface area contributed by atoms with Crippen LogP contribution in [0.1, 0.15) is 29.2 Å². The van der Waals surface area contributed by atoms with E-state index >= 15 is 0 Å². The van der Waals surface area contributed by atoms with Gasteiger partial charge in [0.1, 0.15) is 6.61 Å². The number of halogens is 1. The summed E-state index contributed by atoms with van der Waals surface area (Å²) in [4.78, 5) is 27.1.